The molecule has 2 amide bonds. The predicted molar refractivity (Wildman–Crippen MR) is 110 cm³/mol. The van der Waals surface area contributed by atoms with Gasteiger partial charge in [-0.15, -0.1) is 0 Å². The Bertz CT molecular complexity index is 850. The first-order chi connectivity index (χ1) is 13.8. The Kier molecular flexibility index (Phi) is 6.92. The first kappa shape index (κ1) is 21.7. The molecular weight excluding hydrogens is 392 g/mol. The summed E-state index contributed by atoms with van der Waals surface area (Å²) >= 11 is 0. The van der Waals surface area contributed by atoms with Crippen LogP contribution in [-0.4, -0.2) is 99.1 Å². The summed E-state index contributed by atoms with van der Waals surface area (Å²) in [5.41, 5.74) is 0.392. The number of hydrogen-bond acceptors (Lipinski definition) is 5. The van der Waals surface area contributed by atoms with Gasteiger partial charge in [0.15, 0.2) is 0 Å². The summed E-state index contributed by atoms with van der Waals surface area (Å²) in [6.45, 7) is 3.90. The number of hydrogen-bond donors (Lipinski definition) is 0. The molecule has 2 aliphatic heterocycles. The lowest BCUT2D eigenvalue weighted by atomic mass is 10.2. The molecular formula is C20H30N4O4S. The number of amides is 2. The van der Waals surface area contributed by atoms with E-state index in [2.05, 4.69) is 4.90 Å². The summed E-state index contributed by atoms with van der Waals surface area (Å²) < 4.78 is 27.1. The van der Waals surface area contributed by atoms with Crippen LogP contribution in [0.5, 0.6) is 0 Å². The van der Waals surface area contributed by atoms with Gasteiger partial charge in [0.2, 0.25) is 15.9 Å². The van der Waals surface area contributed by atoms with E-state index in [0.29, 0.717) is 44.8 Å². The van der Waals surface area contributed by atoms with Gasteiger partial charge in [-0.1, -0.05) is 6.07 Å². The van der Waals surface area contributed by atoms with Crippen molar-refractivity contribution in [2.24, 2.45) is 0 Å². The number of sulfonamides is 1. The Morgan fingerprint density at radius 1 is 0.966 bits per heavy atom. The van der Waals surface area contributed by atoms with Gasteiger partial charge in [0.1, 0.15) is 0 Å². The molecule has 0 aromatic heterocycles. The standard InChI is InChI=1S/C20H30N4O4S/c1-21(2)19(25)16-22-9-6-10-23(14-13-22)20(26)17-7-5-8-18(15-17)29(27,28)24-11-3-4-12-24/h5,7-8,15H,3-4,6,9-14,16H2,1-2H3. The van der Waals surface area contributed by atoms with E-state index in [1.165, 1.54) is 10.4 Å². The largest absolute Gasteiger partial charge is 0.348 e. The fourth-order valence-corrected chi connectivity index (χ4v) is 5.28. The fourth-order valence-electron chi connectivity index (χ4n) is 3.71. The maximum atomic E-state index is 13.0. The molecule has 2 aliphatic rings. The first-order valence-electron chi connectivity index (χ1n) is 10.1. The van der Waals surface area contributed by atoms with Crippen LogP contribution in [0.4, 0.5) is 0 Å². The zero-order chi connectivity index (χ0) is 21.0. The molecule has 1 aromatic carbocycles. The number of likely N-dealkylation sites (N-methyl/N-ethyl adjacent to an activating group) is 1. The zero-order valence-electron chi connectivity index (χ0n) is 17.2. The molecule has 29 heavy (non-hydrogen) atoms. The summed E-state index contributed by atoms with van der Waals surface area (Å²) in [6, 6.07) is 6.36. The van der Waals surface area contributed by atoms with E-state index >= 15 is 0 Å². The minimum atomic E-state index is -3.55. The van der Waals surface area contributed by atoms with Gasteiger partial charge in [-0.05, 0) is 37.5 Å². The van der Waals surface area contributed by atoms with Crippen molar-refractivity contribution < 1.29 is 18.0 Å². The highest BCUT2D eigenvalue weighted by Gasteiger charge is 2.28. The second kappa shape index (κ2) is 9.23. The Morgan fingerprint density at radius 2 is 1.69 bits per heavy atom. The van der Waals surface area contributed by atoms with E-state index in [1.54, 1.807) is 42.1 Å². The third kappa shape index (κ3) is 5.15. The molecule has 160 valence electrons. The van der Waals surface area contributed by atoms with Gasteiger partial charge in [-0.2, -0.15) is 4.31 Å². The number of rotatable bonds is 5. The molecule has 2 saturated heterocycles. The number of benzene rings is 1. The van der Waals surface area contributed by atoms with Gasteiger partial charge in [-0.25, -0.2) is 8.42 Å². The molecule has 8 nitrogen and oxygen atoms in total. The molecule has 0 radical (unpaired) electrons. The molecule has 0 unspecified atom stereocenters. The molecule has 0 aliphatic carbocycles. The molecule has 2 heterocycles. The molecule has 2 fully saturated rings. The van der Waals surface area contributed by atoms with Crippen LogP contribution in [0.25, 0.3) is 0 Å². The maximum absolute atomic E-state index is 13.0. The third-order valence-corrected chi connectivity index (χ3v) is 7.41. The Balaban J connectivity index is 1.68. The smallest absolute Gasteiger partial charge is 0.253 e. The third-order valence-electron chi connectivity index (χ3n) is 5.52. The van der Waals surface area contributed by atoms with Crippen LogP contribution >= 0.6 is 0 Å². The minimum absolute atomic E-state index is 0.0459. The van der Waals surface area contributed by atoms with Gasteiger partial charge >= 0.3 is 0 Å². The molecule has 0 atom stereocenters. The maximum Gasteiger partial charge on any atom is 0.253 e. The van der Waals surface area contributed by atoms with Crippen molar-refractivity contribution in [3.63, 3.8) is 0 Å². The predicted octanol–water partition coefficient (Wildman–Crippen LogP) is 0.707. The number of nitrogens with zero attached hydrogens (tertiary/aromatic N) is 4. The van der Waals surface area contributed by atoms with Crippen molar-refractivity contribution >= 4 is 21.8 Å². The Morgan fingerprint density at radius 3 is 2.38 bits per heavy atom. The van der Waals surface area contributed by atoms with Crippen molar-refractivity contribution in [2.45, 2.75) is 24.2 Å². The molecule has 9 heteroatoms. The highest BCUT2D eigenvalue weighted by Crippen LogP contribution is 2.22. The number of carbonyl (C=O) groups is 2. The first-order valence-corrected chi connectivity index (χ1v) is 11.5. The monoisotopic (exact) mass is 422 g/mol. The van der Waals surface area contributed by atoms with Crippen molar-refractivity contribution in [2.75, 3.05) is 59.9 Å². The SMILES string of the molecule is CN(C)C(=O)CN1CCCN(C(=O)c2cccc(S(=O)(=O)N3CCCC3)c2)CC1. The molecule has 0 bridgehead atoms. The van der Waals surface area contributed by atoms with Crippen molar-refractivity contribution in [3.8, 4) is 0 Å². The van der Waals surface area contributed by atoms with Gasteiger partial charge in [0, 0.05) is 58.9 Å². The van der Waals surface area contributed by atoms with Crippen LogP contribution in [-0.2, 0) is 14.8 Å². The molecule has 1 aromatic rings. The highest BCUT2D eigenvalue weighted by atomic mass is 32.2. The highest BCUT2D eigenvalue weighted by molar-refractivity contribution is 7.89. The summed E-state index contributed by atoms with van der Waals surface area (Å²) in [4.78, 5) is 30.5. The lowest BCUT2D eigenvalue weighted by Gasteiger charge is -2.23. The van der Waals surface area contributed by atoms with Gasteiger partial charge in [-0.3, -0.25) is 14.5 Å². The summed E-state index contributed by atoms with van der Waals surface area (Å²) in [5, 5.41) is 0. The topological polar surface area (TPSA) is 81.2 Å². The second-order valence-electron chi connectivity index (χ2n) is 7.85. The van der Waals surface area contributed by atoms with Crippen LogP contribution in [0.1, 0.15) is 29.6 Å². The van der Waals surface area contributed by atoms with Crippen LogP contribution in [0.2, 0.25) is 0 Å². The van der Waals surface area contributed by atoms with Crippen LogP contribution in [0, 0.1) is 0 Å². The molecule has 3 rings (SSSR count). The van der Waals surface area contributed by atoms with E-state index in [4.69, 9.17) is 0 Å². The van der Waals surface area contributed by atoms with Gasteiger partial charge in [0.05, 0.1) is 11.4 Å². The fraction of sp³-hybridized carbons (Fsp3) is 0.600. The lowest BCUT2D eigenvalue weighted by molar-refractivity contribution is -0.129. The summed E-state index contributed by atoms with van der Waals surface area (Å²) in [5.74, 6) is -0.117. The van der Waals surface area contributed by atoms with E-state index in [-0.39, 0.29) is 16.7 Å². The van der Waals surface area contributed by atoms with Crippen LogP contribution in [0.15, 0.2) is 29.2 Å². The number of carbonyl (C=O) groups excluding carboxylic acids is 2. The van der Waals surface area contributed by atoms with E-state index in [0.717, 1.165) is 25.8 Å². The summed E-state index contributed by atoms with van der Waals surface area (Å²) in [7, 11) is -0.0803. The van der Waals surface area contributed by atoms with E-state index in [9.17, 15) is 18.0 Å². The van der Waals surface area contributed by atoms with Crippen LogP contribution < -0.4 is 0 Å². The van der Waals surface area contributed by atoms with Gasteiger partial charge in [0.25, 0.3) is 5.91 Å². The Labute approximate surface area is 173 Å². The Hall–Kier alpha value is -1.97. The molecule has 0 saturated carbocycles. The molecule has 0 N–H and O–H groups in total. The average Bonchev–Trinajstić information content (AvgIpc) is 3.16. The van der Waals surface area contributed by atoms with Crippen molar-refractivity contribution in [3.05, 3.63) is 29.8 Å². The quantitative estimate of drug-likeness (QED) is 0.698. The van der Waals surface area contributed by atoms with Crippen molar-refractivity contribution in [1.29, 1.82) is 0 Å². The summed E-state index contributed by atoms with van der Waals surface area (Å²) in [6.07, 6.45) is 2.52. The van der Waals surface area contributed by atoms with Crippen molar-refractivity contribution in [1.82, 2.24) is 19.0 Å². The van der Waals surface area contributed by atoms with E-state index in [1.807, 2.05) is 0 Å². The molecule has 0 spiro atoms. The second-order valence-corrected chi connectivity index (χ2v) is 9.79. The van der Waals surface area contributed by atoms with E-state index < -0.39 is 10.0 Å². The normalized spacial score (nSPS) is 19.2. The van der Waals surface area contributed by atoms with Crippen LogP contribution in [0.3, 0.4) is 0 Å². The lowest BCUT2D eigenvalue weighted by Crippen LogP contribution is -2.39. The minimum Gasteiger partial charge on any atom is -0.348 e. The average molecular weight is 423 g/mol. The van der Waals surface area contributed by atoms with Gasteiger partial charge < -0.3 is 9.80 Å². The zero-order valence-corrected chi connectivity index (χ0v) is 18.0.